The normalized spacial score (nSPS) is 12.0. The fraction of sp³-hybridized carbons (Fsp3) is 1.00. The fourth-order valence-corrected chi connectivity index (χ4v) is 0.239. The lowest BCUT2D eigenvalue weighted by molar-refractivity contribution is -0.159. The van der Waals surface area contributed by atoms with Gasteiger partial charge in [0.15, 0.2) is 0 Å². The molecule has 8 heavy (non-hydrogen) atoms. The number of alkyl halides is 3. The standard InChI is InChI=1S/C4H7F3N/c1-2-3-8-4(5,6)7/h2-3H2,1H3. The first-order valence-electron chi connectivity index (χ1n) is 2.31. The van der Waals surface area contributed by atoms with E-state index in [-0.39, 0.29) is 6.54 Å². The lowest BCUT2D eigenvalue weighted by Crippen LogP contribution is -2.24. The summed E-state index contributed by atoms with van der Waals surface area (Å²) in [6, 6.07) is 0. The van der Waals surface area contributed by atoms with Crippen LogP contribution in [0.4, 0.5) is 13.2 Å². The summed E-state index contributed by atoms with van der Waals surface area (Å²) in [4.78, 5) is 0. The number of hydrogen-bond donors (Lipinski definition) is 0. The van der Waals surface area contributed by atoms with Crippen LogP contribution >= 0.6 is 0 Å². The van der Waals surface area contributed by atoms with Crippen LogP contribution in [0.5, 0.6) is 0 Å². The van der Waals surface area contributed by atoms with Gasteiger partial charge in [0.2, 0.25) is 0 Å². The van der Waals surface area contributed by atoms with E-state index >= 15 is 0 Å². The molecule has 0 N–H and O–H groups in total. The van der Waals surface area contributed by atoms with Gasteiger partial charge in [0.1, 0.15) is 0 Å². The molecular weight excluding hydrogens is 119 g/mol. The van der Waals surface area contributed by atoms with Crippen LogP contribution in [0.2, 0.25) is 0 Å². The third kappa shape index (κ3) is 5.75. The van der Waals surface area contributed by atoms with Gasteiger partial charge in [0.25, 0.3) is 0 Å². The molecule has 0 aromatic rings. The molecule has 0 aliphatic rings. The quantitative estimate of drug-likeness (QED) is 0.498. The molecule has 0 saturated heterocycles. The van der Waals surface area contributed by atoms with Gasteiger partial charge in [0, 0.05) is 6.54 Å². The van der Waals surface area contributed by atoms with E-state index in [1.54, 1.807) is 6.92 Å². The van der Waals surface area contributed by atoms with Crippen molar-refractivity contribution >= 4 is 0 Å². The maximum Gasteiger partial charge on any atom is 0.473 e. The predicted octanol–water partition coefficient (Wildman–Crippen LogP) is 1.52. The minimum Gasteiger partial charge on any atom is -0.154 e. The van der Waals surface area contributed by atoms with Crippen LogP contribution in [0.3, 0.4) is 0 Å². The van der Waals surface area contributed by atoms with E-state index in [1.165, 1.54) is 0 Å². The zero-order valence-corrected chi connectivity index (χ0v) is 4.50. The van der Waals surface area contributed by atoms with Gasteiger partial charge in [-0.05, 0) is 6.42 Å². The first-order valence-corrected chi connectivity index (χ1v) is 2.31. The van der Waals surface area contributed by atoms with Gasteiger partial charge in [-0.1, -0.05) is 6.92 Å². The second-order valence-electron chi connectivity index (χ2n) is 1.35. The number of halogens is 3. The molecule has 1 nitrogen and oxygen atoms in total. The van der Waals surface area contributed by atoms with Crippen molar-refractivity contribution in [1.82, 2.24) is 5.32 Å². The summed E-state index contributed by atoms with van der Waals surface area (Å²) < 4.78 is 33.2. The van der Waals surface area contributed by atoms with E-state index in [1.807, 2.05) is 0 Å². The van der Waals surface area contributed by atoms with Crippen LogP contribution in [-0.2, 0) is 0 Å². The van der Waals surface area contributed by atoms with Gasteiger partial charge in [-0.15, -0.1) is 5.32 Å². The van der Waals surface area contributed by atoms with Crippen molar-refractivity contribution in [3.8, 4) is 0 Å². The molecule has 0 aromatic heterocycles. The Balaban J connectivity index is 3.11. The molecule has 0 saturated carbocycles. The third-order valence-electron chi connectivity index (χ3n) is 0.515. The topological polar surface area (TPSA) is 14.1 Å². The summed E-state index contributed by atoms with van der Waals surface area (Å²) in [6.07, 6.45) is -3.88. The molecule has 0 aliphatic heterocycles. The Kier molecular flexibility index (Phi) is 2.82. The van der Waals surface area contributed by atoms with Gasteiger partial charge >= 0.3 is 6.30 Å². The average Bonchev–Trinajstić information content (AvgIpc) is 1.59. The Bertz CT molecular complexity index is 58.8. The van der Waals surface area contributed by atoms with Gasteiger partial charge in [-0.2, -0.15) is 13.2 Å². The molecule has 0 unspecified atom stereocenters. The molecule has 0 rings (SSSR count). The van der Waals surface area contributed by atoms with Crippen LogP contribution in [-0.4, -0.2) is 12.8 Å². The minimum atomic E-state index is -4.32. The molecule has 0 aromatic carbocycles. The Labute approximate surface area is 45.9 Å². The maximum absolute atomic E-state index is 11.1. The predicted molar refractivity (Wildman–Crippen MR) is 23.3 cm³/mol. The third-order valence-corrected chi connectivity index (χ3v) is 0.515. The van der Waals surface area contributed by atoms with E-state index in [4.69, 9.17) is 0 Å². The number of nitrogens with zero attached hydrogens (tertiary/aromatic N) is 1. The summed E-state index contributed by atoms with van der Waals surface area (Å²) in [7, 11) is 0. The van der Waals surface area contributed by atoms with Crippen LogP contribution < -0.4 is 5.32 Å². The van der Waals surface area contributed by atoms with Gasteiger partial charge in [-0.25, -0.2) is 0 Å². The summed E-state index contributed by atoms with van der Waals surface area (Å²) >= 11 is 0. The van der Waals surface area contributed by atoms with Crippen molar-refractivity contribution < 1.29 is 13.2 Å². The van der Waals surface area contributed by atoms with Gasteiger partial charge in [0.05, 0.1) is 0 Å². The zero-order valence-electron chi connectivity index (χ0n) is 4.50. The van der Waals surface area contributed by atoms with Crippen molar-refractivity contribution in [3.63, 3.8) is 0 Å². The van der Waals surface area contributed by atoms with E-state index in [0.29, 0.717) is 6.42 Å². The molecule has 0 atom stereocenters. The largest absolute Gasteiger partial charge is 0.473 e. The SMILES string of the molecule is CCC[N]C(F)(F)F. The highest BCUT2D eigenvalue weighted by Crippen LogP contribution is 2.10. The van der Waals surface area contributed by atoms with Crippen molar-refractivity contribution in [2.45, 2.75) is 19.6 Å². The molecule has 49 valence electrons. The van der Waals surface area contributed by atoms with Crippen molar-refractivity contribution in [1.29, 1.82) is 0 Å². The first-order chi connectivity index (χ1) is 3.56. The second kappa shape index (κ2) is 2.91. The van der Waals surface area contributed by atoms with Crippen LogP contribution in [0.1, 0.15) is 13.3 Å². The molecule has 0 spiro atoms. The Morgan fingerprint density at radius 2 is 1.88 bits per heavy atom. The molecule has 0 heterocycles. The van der Waals surface area contributed by atoms with Gasteiger partial charge in [-0.3, -0.25) is 0 Å². The summed E-state index contributed by atoms with van der Waals surface area (Å²) in [5.41, 5.74) is 0. The lowest BCUT2D eigenvalue weighted by atomic mass is 10.5. The molecule has 0 aliphatic carbocycles. The monoisotopic (exact) mass is 126 g/mol. The van der Waals surface area contributed by atoms with E-state index in [9.17, 15) is 13.2 Å². The number of rotatable bonds is 2. The van der Waals surface area contributed by atoms with E-state index < -0.39 is 6.30 Å². The molecular formula is C4H7F3N. The average molecular weight is 126 g/mol. The maximum atomic E-state index is 11.1. The Hall–Kier alpha value is -0.250. The first kappa shape index (κ1) is 7.75. The summed E-state index contributed by atoms with van der Waals surface area (Å²) in [6.45, 7) is 1.53. The molecule has 0 bridgehead atoms. The Morgan fingerprint density at radius 3 is 2.00 bits per heavy atom. The fourth-order valence-electron chi connectivity index (χ4n) is 0.239. The highest BCUT2D eigenvalue weighted by Gasteiger charge is 2.27. The highest BCUT2D eigenvalue weighted by atomic mass is 19.4. The summed E-state index contributed by atoms with van der Waals surface area (Å²) in [5.74, 6) is 0. The lowest BCUT2D eigenvalue weighted by Gasteiger charge is -2.02. The van der Waals surface area contributed by atoms with Crippen LogP contribution in [0, 0.1) is 0 Å². The molecule has 0 amide bonds. The molecule has 1 radical (unpaired) electrons. The van der Waals surface area contributed by atoms with Crippen molar-refractivity contribution in [3.05, 3.63) is 0 Å². The zero-order chi connectivity index (χ0) is 6.62. The van der Waals surface area contributed by atoms with Crippen LogP contribution in [0.15, 0.2) is 0 Å². The van der Waals surface area contributed by atoms with E-state index in [2.05, 4.69) is 5.32 Å². The molecule has 0 fully saturated rings. The number of hydrogen-bond acceptors (Lipinski definition) is 0. The van der Waals surface area contributed by atoms with Gasteiger partial charge < -0.3 is 0 Å². The van der Waals surface area contributed by atoms with Crippen molar-refractivity contribution in [2.24, 2.45) is 0 Å². The molecule has 4 heteroatoms. The minimum absolute atomic E-state index is 0.122. The highest BCUT2D eigenvalue weighted by molar-refractivity contribution is 4.43. The smallest absolute Gasteiger partial charge is 0.154 e. The van der Waals surface area contributed by atoms with E-state index in [0.717, 1.165) is 0 Å². The van der Waals surface area contributed by atoms with Crippen molar-refractivity contribution in [2.75, 3.05) is 6.54 Å². The second-order valence-corrected chi connectivity index (χ2v) is 1.35. The van der Waals surface area contributed by atoms with Crippen LogP contribution in [0.25, 0.3) is 0 Å². The Morgan fingerprint density at radius 1 is 1.38 bits per heavy atom. The summed E-state index contributed by atoms with van der Waals surface area (Å²) in [5, 5.41) is 2.38.